The molecule has 1 aromatic heterocycles. The first kappa shape index (κ1) is 15.3. The first-order valence-corrected chi connectivity index (χ1v) is 8.27. The van der Waals surface area contributed by atoms with Crippen molar-refractivity contribution in [3.05, 3.63) is 34.7 Å². The van der Waals surface area contributed by atoms with E-state index in [4.69, 9.17) is 0 Å². The summed E-state index contributed by atoms with van der Waals surface area (Å²) >= 11 is 0. The van der Waals surface area contributed by atoms with E-state index in [9.17, 15) is 4.79 Å². The van der Waals surface area contributed by atoms with E-state index < -0.39 is 0 Å². The summed E-state index contributed by atoms with van der Waals surface area (Å²) in [5, 5.41) is 0. The number of likely N-dealkylation sites (tertiary alicyclic amines) is 1. The fraction of sp³-hybridized carbons (Fsp3) is 0.611. The second-order valence-electron chi connectivity index (χ2n) is 7.73. The van der Waals surface area contributed by atoms with Gasteiger partial charge in [0.15, 0.2) is 0 Å². The van der Waals surface area contributed by atoms with Gasteiger partial charge < -0.3 is 4.98 Å². The molecular formula is C18H27N3O. The molecule has 0 bridgehead atoms. The Morgan fingerprint density at radius 2 is 1.68 bits per heavy atom. The largest absolute Gasteiger partial charge is 0.326 e. The molecule has 2 heterocycles. The first-order valence-electron chi connectivity index (χ1n) is 8.27. The molecule has 1 aromatic carbocycles. The van der Waals surface area contributed by atoms with Crippen molar-refractivity contribution in [2.24, 2.45) is 0 Å². The highest BCUT2D eigenvalue weighted by molar-refractivity contribution is 5.74. The van der Waals surface area contributed by atoms with E-state index in [1.807, 2.05) is 28.8 Å². The maximum atomic E-state index is 12.2. The number of para-hydroxylation sites is 2. The SMILES string of the molecule is CC1(C)CCCC(C)(C)N1CCn1c(=O)[nH]c2ccccc21. The van der Waals surface area contributed by atoms with Crippen molar-refractivity contribution in [2.45, 2.75) is 64.6 Å². The Kier molecular flexibility index (Phi) is 3.68. The Hall–Kier alpha value is -1.55. The average molecular weight is 301 g/mol. The zero-order chi connectivity index (χ0) is 16.0. The lowest BCUT2D eigenvalue weighted by Crippen LogP contribution is -2.59. The van der Waals surface area contributed by atoms with Crippen LogP contribution in [0.5, 0.6) is 0 Å². The van der Waals surface area contributed by atoms with Gasteiger partial charge in [0.05, 0.1) is 11.0 Å². The average Bonchev–Trinajstić information content (AvgIpc) is 2.73. The number of nitrogens with one attached hydrogen (secondary N) is 1. The van der Waals surface area contributed by atoms with Gasteiger partial charge in [-0.3, -0.25) is 9.47 Å². The molecule has 0 radical (unpaired) electrons. The van der Waals surface area contributed by atoms with Crippen LogP contribution >= 0.6 is 0 Å². The fourth-order valence-corrected chi connectivity index (χ4v) is 4.18. The van der Waals surface area contributed by atoms with Crippen molar-refractivity contribution in [2.75, 3.05) is 6.54 Å². The second kappa shape index (κ2) is 5.27. The smallest absolute Gasteiger partial charge is 0.306 e. The lowest BCUT2D eigenvalue weighted by Gasteiger charge is -2.53. The number of aromatic nitrogens is 2. The summed E-state index contributed by atoms with van der Waals surface area (Å²) in [6.07, 6.45) is 3.72. The van der Waals surface area contributed by atoms with Gasteiger partial charge >= 0.3 is 5.69 Å². The minimum Gasteiger partial charge on any atom is -0.306 e. The number of rotatable bonds is 3. The van der Waals surface area contributed by atoms with Crippen molar-refractivity contribution < 1.29 is 0 Å². The van der Waals surface area contributed by atoms with E-state index in [1.54, 1.807) is 0 Å². The summed E-state index contributed by atoms with van der Waals surface area (Å²) in [7, 11) is 0. The summed E-state index contributed by atoms with van der Waals surface area (Å²) < 4.78 is 1.87. The maximum absolute atomic E-state index is 12.2. The van der Waals surface area contributed by atoms with E-state index in [-0.39, 0.29) is 16.8 Å². The molecule has 1 saturated heterocycles. The summed E-state index contributed by atoms with van der Waals surface area (Å²) in [6, 6.07) is 7.92. The van der Waals surface area contributed by atoms with Gasteiger partial charge in [0.2, 0.25) is 0 Å². The predicted molar refractivity (Wildman–Crippen MR) is 91.3 cm³/mol. The molecule has 0 saturated carbocycles. The zero-order valence-electron chi connectivity index (χ0n) is 14.1. The molecule has 0 aliphatic carbocycles. The van der Waals surface area contributed by atoms with Crippen LogP contribution in [-0.4, -0.2) is 32.1 Å². The van der Waals surface area contributed by atoms with Crippen LogP contribution in [0.25, 0.3) is 11.0 Å². The molecule has 3 rings (SSSR count). The van der Waals surface area contributed by atoms with E-state index in [0.29, 0.717) is 0 Å². The van der Waals surface area contributed by atoms with Gasteiger partial charge in [0.1, 0.15) is 0 Å². The number of H-pyrrole nitrogens is 1. The van der Waals surface area contributed by atoms with Crippen LogP contribution in [0.4, 0.5) is 0 Å². The first-order chi connectivity index (χ1) is 10.3. The molecule has 2 aromatic rings. The Balaban J connectivity index is 1.87. The Morgan fingerprint density at radius 3 is 2.36 bits per heavy atom. The van der Waals surface area contributed by atoms with Gasteiger partial charge in [0, 0.05) is 24.2 Å². The molecule has 1 N–H and O–H groups in total. The van der Waals surface area contributed by atoms with E-state index >= 15 is 0 Å². The third-order valence-electron chi connectivity index (χ3n) is 5.27. The molecule has 4 heteroatoms. The van der Waals surface area contributed by atoms with Gasteiger partial charge in [-0.15, -0.1) is 0 Å². The van der Waals surface area contributed by atoms with Crippen molar-refractivity contribution >= 4 is 11.0 Å². The standard InChI is InChI=1S/C18H27N3O/c1-17(2)10-7-11-18(3,4)21(17)13-12-20-15-9-6-5-8-14(15)19-16(20)22/h5-6,8-9H,7,10-13H2,1-4H3,(H,19,22). The quantitative estimate of drug-likeness (QED) is 0.944. The lowest BCUT2D eigenvalue weighted by atomic mass is 9.80. The molecule has 1 fully saturated rings. The van der Waals surface area contributed by atoms with Crippen LogP contribution in [0.1, 0.15) is 47.0 Å². The minimum absolute atomic E-state index is 0.00572. The van der Waals surface area contributed by atoms with Gasteiger partial charge in [0.25, 0.3) is 0 Å². The van der Waals surface area contributed by atoms with Gasteiger partial charge in [-0.25, -0.2) is 4.79 Å². The Morgan fingerprint density at radius 1 is 1.05 bits per heavy atom. The number of piperidine rings is 1. The molecule has 4 nitrogen and oxygen atoms in total. The number of hydrogen-bond acceptors (Lipinski definition) is 2. The van der Waals surface area contributed by atoms with Gasteiger partial charge in [-0.05, 0) is 59.1 Å². The van der Waals surface area contributed by atoms with Crippen LogP contribution in [-0.2, 0) is 6.54 Å². The molecular weight excluding hydrogens is 274 g/mol. The van der Waals surface area contributed by atoms with Crippen molar-refractivity contribution in [1.29, 1.82) is 0 Å². The normalized spacial score (nSPS) is 21.3. The Labute approximate surface area is 132 Å². The number of benzene rings is 1. The maximum Gasteiger partial charge on any atom is 0.326 e. The van der Waals surface area contributed by atoms with E-state index in [2.05, 4.69) is 37.6 Å². The molecule has 0 unspecified atom stereocenters. The van der Waals surface area contributed by atoms with Crippen LogP contribution < -0.4 is 5.69 Å². The van der Waals surface area contributed by atoms with Crippen LogP contribution in [0.15, 0.2) is 29.1 Å². The summed E-state index contributed by atoms with van der Waals surface area (Å²) in [5.74, 6) is 0. The van der Waals surface area contributed by atoms with Crippen LogP contribution in [0.3, 0.4) is 0 Å². The van der Waals surface area contributed by atoms with E-state index in [1.165, 1.54) is 19.3 Å². The minimum atomic E-state index is -0.00572. The number of hydrogen-bond donors (Lipinski definition) is 1. The highest BCUT2D eigenvalue weighted by atomic mass is 16.1. The fourth-order valence-electron chi connectivity index (χ4n) is 4.18. The highest BCUT2D eigenvalue weighted by Crippen LogP contribution is 2.37. The molecule has 0 atom stereocenters. The van der Waals surface area contributed by atoms with Gasteiger partial charge in [-0.2, -0.15) is 0 Å². The van der Waals surface area contributed by atoms with Crippen LogP contribution in [0.2, 0.25) is 0 Å². The monoisotopic (exact) mass is 301 g/mol. The van der Waals surface area contributed by atoms with Crippen molar-refractivity contribution in [3.8, 4) is 0 Å². The third-order valence-corrected chi connectivity index (χ3v) is 5.27. The zero-order valence-corrected chi connectivity index (χ0v) is 14.1. The summed E-state index contributed by atoms with van der Waals surface area (Å²) in [4.78, 5) is 17.7. The molecule has 0 amide bonds. The topological polar surface area (TPSA) is 41.0 Å². The third kappa shape index (κ3) is 2.60. The highest BCUT2D eigenvalue weighted by Gasteiger charge is 2.40. The summed E-state index contributed by atoms with van der Waals surface area (Å²) in [5.41, 5.74) is 2.30. The summed E-state index contributed by atoms with van der Waals surface area (Å²) in [6.45, 7) is 10.9. The van der Waals surface area contributed by atoms with Gasteiger partial charge in [-0.1, -0.05) is 12.1 Å². The predicted octanol–water partition coefficient (Wildman–Crippen LogP) is 3.37. The van der Waals surface area contributed by atoms with Crippen molar-refractivity contribution in [1.82, 2.24) is 14.5 Å². The van der Waals surface area contributed by atoms with Crippen molar-refractivity contribution in [3.63, 3.8) is 0 Å². The van der Waals surface area contributed by atoms with Crippen LogP contribution in [0, 0.1) is 0 Å². The molecule has 22 heavy (non-hydrogen) atoms. The Bertz CT molecular complexity index is 707. The number of imidazole rings is 1. The number of fused-ring (bicyclic) bond motifs is 1. The molecule has 1 aliphatic heterocycles. The number of aromatic amines is 1. The molecule has 1 aliphatic rings. The molecule has 120 valence electrons. The lowest BCUT2D eigenvalue weighted by molar-refractivity contribution is -0.0288. The van der Waals surface area contributed by atoms with E-state index in [0.717, 1.165) is 24.1 Å². The number of nitrogens with zero attached hydrogens (tertiary/aromatic N) is 2. The second-order valence-corrected chi connectivity index (χ2v) is 7.73. The molecule has 0 spiro atoms.